The molecule has 10 nitrogen and oxygen atoms in total. The van der Waals surface area contributed by atoms with E-state index in [1.165, 1.54) is 6.33 Å². The maximum absolute atomic E-state index is 13.3. The van der Waals surface area contributed by atoms with Crippen molar-refractivity contribution in [3.8, 4) is 0 Å². The van der Waals surface area contributed by atoms with Gasteiger partial charge >= 0.3 is 0 Å². The van der Waals surface area contributed by atoms with E-state index in [-0.39, 0.29) is 25.0 Å². The number of rotatable bonds is 7. The predicted molar refractivity (Wildman–Crippen MR) is 140 cm³/mol. The van der Waals surface area contributed by atoms with E-state index < -0.39 is 10.0 Å². The number of nitrogens with zero attached hydrogens (tertiary/aromatic N) is 4. The predicted octanol–water partition coefficient (Wildman–Crippen LogP) is 2.11. The lowest BCUT2D eigenvalue weighted by Crippen LogP contribution is -2.59. The smallest absolute Gasteiger partial charge is 0.237 e. The summed E-state index contributed by atoms with van der Waals surface area (Å²) in [6.07, 6.45) is 2.52. The Balaban J connectivity index is 1.37. The van der Waals surface area contributed by atoms with Crippen molar-refractivity contribution in [2.75, 3.05) is 31.6 Å². The number of nitrogens with one attached hydrogen (secondary N) is 2. The van der Waals surface area contributed by atoms with Gasteiger partial charge in [0.25, 0.3) is 0 Å². The topological polar surface area (TPSA) is 137 Å². The Bertz CT molecular complexity index is 1560. The normalized spacial score (nSPS) is 17.3. The van der Waals surface area contributed by atoms with E-state index in [9.17, 15) is 13.2 Å². The number of nitrogens with two attached hydrogens (primary N) is 1. The third-order valence-corrected chi connectivity index (χ3v) is 7.21. The molecule has 1 aliphatic heterocycles. The third-order valence-electron chi connectivity index (χ3n) is 6.29. The van der Waals surface area contributed by atoms with Crippen LogP contribution in [0.5, 0.6) is 0 Å². The average molecular weight is 528 g/mol. The van der Waals surface area contributed by atoms with Crippen LogP contribution in [0.1, 0.15) is 11.3 Å². The molecule has 1 saturated heterocycles. The summed E-state index contributed by atoms with van der Waals surface area (Å²) in [4.78, 5) is 28.7. The molecule has 5 rings (SSSR count). The molecule has 1 unspecified atom stereocenters. The second-order valence-electron chi connectivity index (χ2n) is 9.10. The van der Waals surface area contributed by atoms with Crippen LogP contribution in [0.4, 0.5) is 5.82 Å². The van der Waals surface area contributed by atoms with Gasteiger partial charge in [-0.05, 0) is 42.0 Å². The van der Waals surface area contributed by atoms with Crippen molar-refractivity contribution in [2.45, 2.75) is 19.1 Å². The van der Waals surface area contributed by atoms with Crippen molar-refractivity contribution >= 4 is 55.2 Å². The monoisotopic (exact) mass is 527 g/mol. The van der Waals surface area contributed by atoms with Gasteiger partial charge in [-0.3, -0.25) is 9.69 Å². The maximum atomic E-state index is 13.3. The first-order valence-corrected chi connectivity index (χ1v) is 13.6. The van der Waals surface area contributed by atoms with Crippen molar-refractivity contribution in [1.29, 1.82) is 0 Å². The quantitative estimate of drug-likeness (QED) is 0.334. The van der Waals surface area contributed by atoms with Crippen molar-refractivity contribution in [3.63, 3.8) is 0 Å². The highest BCUT2D eigenvalue weighted by Crippen LogP contribution is 2.24. The summed E-state index contributed by atoms with van der Waals surface area (Å²) in [5, 5.41) is 2.40. The van der Waals surface area contributed by atoms with Crippen LogP contribution >= 0.6 is 11.6 Å². The summed E-state index contributed by atoms with van der Waals surface area (Å²) in [5.74, 6) is 0.314. The number of carbonyl (C=O) groups excluding carboxylic acids is 1. The van der Waals surface area contributed by atoms with Crippen LogP contribution in [0, 0.1) is 0 Å². The van der Waals surface area contributed by atoms with Crippen LogP contribution in [0.15, 0.2) is 48.8 Å². The van der Waals surface area contributed by atoms with Gasteiger partial charge in [0.15, 0.2) is 0 Å². The Kier molecular flexibility index (Phi) is 6.56. The van der Waals surface area contributed by atoms with Gasteiger partial charge in [-0.1, -0.05) is 17.7 Å². The van der Waals surface area contributed by atoms with Crippen LogP contribution < -0.4 is 10.5 Å². The molecule has 4 aromatic rings. The number of sulfonamides is 1. The fraction of sp³-hybridized carbons (Fsp3) is 0.292. The molecule has 188 valence electrons. The minimum atomic E-state index is -3.42. The molecule has 12 heteroatoms. The van der Waals surface area contributed by atoms with Gasteiger partial charge < -0.3 is 15.6 Å². The highest BCUT2D eigenvalue weighted by molar-refractivity contribution is 7.88. The molecular formula is C24H26ClN7O3S. The minimum Gasteiger partial charge on any atom is -0.383 e. The number of fused-ring (bicyclic) bond motifs is 2. The van der Waals surface area contributed by atoms with E-state index in [4.69, 9.17) is 17.3 Å². The molecule has 0 radical (unpaired) electrons. The Morgan fingerprint density at radius 1 is 1.17 bits per heavy atom. The Morgan fingerprint density at radius 2 is 2.00 bits per heavy atom. The Hall–Kier alpha value is -3.25. The summed E-state index contributed by atoms with van der Waals surface area (Å²) < 4.78 is 26.2. The number of halogens is 1. The second kappa shape index (κ2) is 9.66. The highest BCUT2D eigenvalue weighted by Gasteiger charge is 2.33. The molecule has 0 aliphatic carbocycles. The standard InChI is InChI=1S/C24H26ClN7O3S/c1-36(34,35)29-9-19-12-31(11-18-8-16-7-17(25)3-5-21(16)30-18)13-23(33)32(19)10-15-2-4-20-22(6-15)27-14-28-24(20)26/h2-8,14,19,29-30H,9-13H2,1H3,(H2,26,27,28). The zero-order chi connectivity index (χ0) is 25.4. The summed E-state index contributed by atoms with van der Waals surface area (Å²) in [6.45, 7) is 1.69. The number of H-pyrrole nitrogens is 1. The number of hydrogen-bond donors (Lipinski definition) is 3. The molecule has 36 heavy (non-hydrogen) atoms. The van der Waals surface area contributed by atoms with Crippen LogP contribution in [0.2, 0.25) is 5.02 Å². The molecule has 1 fully saturated rings. The van der Waals surface area contributed by atoms with Crippen molar-refractivity contribution in [2.24, 2.45) is 0 Å². The van der Waals surface area contributed by atoms with Gasteiger partial charge in [0.2, 0.25) is 15.9 Å². The van der Waals surface area contributed by atoms with E-state index in [2.05, 4.69) is 19.7 Å². The van der Waals surface area contributed by atoms with Crippen LogP contribution in [0.25, 0.3) is 21.8 Å². The van der Waals surface area contributed by atoms with Gasteiger partial charge in [0.05, 0.1) is 24.4 Å². The number of anilines is 1. The molecule has 0 spiro atoms. The number of benzene rings is 2. The molecule has 1 aliphatic rings. The zero-order valence-electron chi connectivity index (χ0n) is 19.6. The van der Waals surface area contributed by atoms with Crippen molar-refractivity contribution < 1.29 is 13.2 Å². The second-order valence-corrected chi connectivity index (χ2v) is 11.4. The first-order valence-electron chi connectivity index (χ1n) is 11.4. The van der Waals surface area contributed by atoms with Crippen molar-refractivity contribution in [1.82, 2.24) is 29.5 Å². The fourth-order valence-electron chi connectivity index (χ4n) is 4.62. The highest BCUT2D eigenvalue weighted by atomic mass is 35.5. The summed E-state index contributed by atoms with van der Waals surface area (Å²) >= 11 is 6.11. The van der Waals surface area contributed by atoms with Gasteiger partial charge in [0, 0.05) is 53.2 Å². The molecule has 1 atom stereocenters. The van der Waals surface area contributed by atoms with Crippen LogP contribution in [-0.2, 0) is 27.9 Å². The number of aromatic amines is 1. The number of piperazine rings is 1. The molecule has 4 N–H and O–H groups in total. The number of amides is 1. The van der Waals surface area contributed by atoms with E-state index >= 15 is 0 Å². The largest absolute Gasteiger partial charge is 0.383 e. The van der Waals surface area contributed by atoms with Gasteiger partial charge in [-0.15, -0.1) is 0 Å². The molecule has 2 aromatic carbocycles. The van der Waals surface area contributed by atoms with E-state index in [0.717, 1.165) is 33.8 Å². The lowest BCUT2D eigenvalue weighted by atomic mass is 10.1. The first-order chi connectivity index (χ1) is 17.1. The van der Waals surface area contributed by atoms with Crippen LogP contribution in [-0.4, -0.2) is 71.0 Å². The van der Waals surface area contributed by atoms with E-state index in [0.29, 0.717) is 36.0 Å². The molecule has 0 saturated carbocycles. The zero-order valence-corrected chi connectivity index (χ0v) is 21.2. The number of hydrogen-bond acceptors (Lipinski definition) is 7. The third kappa shape index (κ3) is 5.44. The number of nitrogen functional groups attached to an aromatic ring is 1. The lowest BCUT2D eigenvalue weighted by molar-refractivity contribution is -0.140. The SMILES string of the molecule is CS(=O)(=O)NCC1CN(Cc2cc3cc(Cl)ccc3[nH]2)CC(=O)N1Cc1ccc2c(N)ncnc2c1. The molecule has 1 amide bonds. The fourth-order valence-corrected chi connectivity index (χ4v) is 5.29. The summed E-state index contributed by atoms with van der Waals surface area (Å²) in [7, 11) is -3.42. The molecule has 2 aromatic heterocycles. The van der Waals surface area contributed by atoms with Crippen LogP contribution in [0.3, 0.4) is 0 Å². The minimum absolute atomic E-state index is 0.0806. The van der Waals surface area contributed by atoms with E-state index in [1.807, 2.05) is 47.4 Å². The molecular weight excluding hydrogens is 502 g/mol. The van der Waals surface area contributed by atoms with Gasteiger partial charge in [-0.2, -0.15) is 0 Å². The maximum Gasteiger partial charge on any atom is 0.237 e. The molecule has 3 heterocycles. The molecule has 0 bridgehead atoms. The van der Waals surface area contributed by atoms with E-state index in [1.54, 1.807) is 4.90 Å². The van der Waals surface area contributed by atoms with Crippen molar-refractivity contribution in [3.05, 3.63) is 65.1 Å². The number of aromatic nitrogens is 3. The Labute approximate surface area is 213 Å². The number of carbonyl (C=O) groups is 1. The van der Waals surface area contributed by atoms with Gasteiger partial charge in [0.1, 0.15) is 12.1 Å². The lowest BCUT2D eigenvalue weighted by Gasteiger charge is -2.41. The summed E-state index contributed by atoms with van der Waals surface area (Å²) in [6, 6.07) is 12.9. The summed E-state index contributed by atoms with van der Waals surface area (Å²) in [5.41, 5.74) is 9.42. The van der Waals surface area contributed by atoms with Gasteiger partial charge in [-0.25, -0.2) is 23.1 Å². The first kappa shape index (κ1) is 24.4. The average Bonchev–Trinajstić information content (AvgIpc) is 3.20. The Morgan fingerprint density at radius 3 is 2.81 bits per heavy atom.